The zero-order valence-electron chi connectivity index (χ0n) is 22.2. The molecule has 0 saturated carbocycles. The Labute approximate surface area is 221 Å². The van der Waals surface area contributed by atoms with Crippen LogP contribution in [0, 0.1) is 5.82 Å². The van der Waals surface area contributed by atoms with Gasteiger partial charge in [0.05, 0.1) is 26.1 Å². The highest BCUT2D eigenvalue weighted by atomic mass is 19.1. The molecule has 1 N–H and O–H groups in total. The molecule has 2 aromatic heterocycles. The molecule has 0 saturated heterocycles. The zero-order chi connectivity index (χ0) is 26.8. The molecule has 4 aromatic rings. The van der Waals surface area contributed by atoms with Gasteiger partial charge in [0.2, 0.25) is 0 Å². The average Bonchev–Trinajstić information content (AvgIpc) is 3.36. The predicted octanol–water partition coefficient (Wildman–Crippen LogP) is 5.55. The van der Waals surface area contributed by atoms with Gasteiger partial charge in [-0.3, -0.25) is 0 Å². The summed E-state index contributed by atoms with van der Waals surface area (Å²) in [6.07, 6.45) is 2.81. The van der Waals surface area contributed by atoms with E-state index in [9.17, 15) is 4.39 Å². The number of ether oxygens (including phenoxy) is 4. The van der Waals surface area contributed by atoms with Crippen LogP contribution in [0.1, 0.15) is 37.3 Å². The van der Waals surface area contributed by atoms with Crippen molar-refractivity contribution in [1.82, 2.24) is 14.6 Å². The Morgan fingerprint density at radius 1 is 1.13 bits per heavy atom. The maximum absolute atomic E-state index is 14.4. The molecule has 1 aliphatic rings. The van der Waals surface area contributed by atoms with Crippen LogP contribution >= 0.6 is 0 Å². The number of hydrogen-bond donors (Lipinski definition) is 1. The Morgan fingerprint density at radius 3 is 2.71 bits per heavy atom. The molecule has 0 fully saturated rings. The highest BCUT2D eigenvalue weighted by Gasteiger charge is 2.22. The molecule has 38 heavy (non-hydrogen) atoms. The van der Waals surface area contributed by atoms with Crippen molar-refractivity contribution in [1.29, 1.82) is 0 Å². The number of hydrogen-bond acceptors (Lipinski definition) is 8. The Bertz CT molecular complexity index is 1460. The van der Waals surface area contributed by atoms with Gasteiger partial charge in [-0.2, -0.15) is 9.61 Å². The number of halogens is 1. The summed E-state index contributed by atoms with van der Waals surface area (Å²) < 4.78 is 38.6. The monoisotopic (exact) mass is 521 g/mol. The fraction of sp³-hybridized carbons (Fsp3) is 0.357. The van der Waals surface area contributed by atoms with Gasteiger partial charge in [0.25, 0.3) is 0 Å². The van der Waals surface area contributed by atoms with E-state index in [2.05, 4.69) is 29.2 Å². The molecule has 1 aliphatic heterocycles. The van der Waals surface area contributed by atoms with Crippen LogP contribution in [0.4, 0.5) is 21.7 Å². The molecular weight excluding hydrogens is 489 g/mol. The Morgan fingerprint density at radius 2 is 1.95 bits per heavy atom. The summed E-state index contributed by atoms with van der Waals surface area (Å²) >= 11 is 0. The van der Waals surface area contributed by atoms with E-state index in [4.69, 9.17) is 23.9 Å². The number of anilines is 3. The lowest BCUT2D eigenvalue weighted by molar-refractivity contribution is 0.172. The normalized spacial score (nSPS) is 13.3. The first-order valence-electron chi connectivity index (χ1n) is 12.6. The highest BCUT2D eigenvalue weighted by molar-refractivity contribution is 5.72. The van der Waals surface area contributed by atoms with Gasteiger partial charge in [-0.25, -0.2) is 9.37 Å². The first-order valence-corrected chi connectivity index (χ1v) is 12.6. The minimum absolute atomic E-state index is 0.258. The van der Waals surface area contributed by atoms with E-state index in [0.29, 0.717) is 42.8 Å². The molecule has 0 radical (unpaired) electrons. The van der Waals surface area contributed by atoms with E-state index in [1.54, 1.807) is 14.2 Å². The number of nitrogens with zero attached hydrogens (tertiary/aromatic N) is 4. The first-order chi connectivity index (χ1) is 18.4. The molecule has 1 atom stereocenters. The standard InChI is InChI=1S/C28H32FN5O4/c1-6-17(2)21-15-30-34-26(33(3)16-18-7-8-20(35-4)13-23(18)36-5)14-25(32-28(21)34)31-22-11-19(29)12-24-27(22)38-10-9-37-24/h7-8,11-15,17H,6,9-10,16H2,1-5H3,(H,31,32). The maximum Gasteiger partial charge on any atom is 0.185 e. The lowest BCUT2D eigenvalue weighted by atomic mass is 10.0. The molecule has 9 nitrogen and oxygen atoms in total. The molecule has 2 aromatic carbocycles. The third-order valence-corrected chi connectivity index (χ3v) is 6.79. The van der Waals surface area contributed by atoms with Crippen LogP contribution in [0.3, 0.4) is 0 Å². The minimum Gasteiger partial charge on any atom is -0.497 e. The number of nitrogens with one attached hydrogen (secondary N) is 1. The van der Waals surface area contributed by atoms with Gasteiger partial charge < -0.3 is 29.2 Å². The average molecular weight is 522 g/mol. The SMILES string of the molecule is CCC(C)c1cnn2c(N(C)Cc3ccc(OC)cc3OC)cc(Nc3cc(F)cc4c3OCCO4)nc12. The van der Waals surface area contributed by atoms with Crippen molar-refractivity contribution in [3.63, 3.8) is 0 Å². The topological polar surface area (TPSA) is 82.4 Å². The Balaban J connectivity index is 1.57. The lowest BCUT2D eigenvalue weighted by Gasteiger charge is -2.24. The van der Waals surface area contributed by atoms with Gasteiger partial charge in [-0.05, 0) is 24.5 Å². The first kappa shape index (κ1) is 25.4. The van der Waals surface area contributed by atoms with E-state index in [1.165, 1.54) is 12.1 Å². The van der Waals surface area contributed by atoms with E-state index >= 15 is 0 Å². The van der Waals surface area contributed by atoms with Crippen LogP contribution in [0.25, 0.3) is 5.65 Å². The fourth-order valence-corrected chi connectivity index (χ4v) is 4.54. The molecule has 0 spiro atoms. The summed E-state index contributed by atoms with van der Waals surface area (Å²) in [6.45, 7) is 5.58. The fourth-order valence-electron chi connectivity index (χ4n) is 4.54. The van der Waals surface area contributed by atoms with Crippen molar-refractivity contribution in [3.8, 4) is 23.0 Å². The van der Waals surface area contributed by atoms with E-state index < -0.39 is 5.82 Å². The third kappa shape index (κ3) is 4.85. The maximum atomic E-state index is 14.4. The largest absolute Gasteiger partial charge is 0.497 e. The Hall–Kier alpha value is -4.21. The summed E-state index contributed by atoms with van der Waals surface area (Å²) in [5, 5.41) is 7.95. The number of methoxy groups -OCH3 is 2. The number of rotatable bonds is 9. The van der Waals surface area contributed by atoms with Gasteiger partial charge in [0.1, 0.15) is 42.2 Å². The number of fused-ring (bicyclic) bond motifs is 2. The summed E-state index contributed by atoms with van der Waals surface area (Å²) in [5.41, 5.74) is 3.20. The predicted molar refractivity (Wildman–Crippen MR) is 144 cm³/mol. The molecule has 3 heterocycles. The van der Waals surface area contributed by atoms with Crippen LogP contribution in [0.2, 0.25) is 0 Å². The lowest BCUT2D eigenvalue weighted by Crippen LogP contribution is -2.21. The van der Waals surface area contributed by atoms with Gasteiger partial charge >= 0.3 is 0 Å². The van der Waals surface area contributed by atoms with Crippen LogP contribution in [0.5, 0.6) is 23.0 Å². The van der Waals surface area contributed by atoms with Gasteiger partial charge in [0, 0.05) is 49.0 Å². The molecule has 10 heteroatoms. The van der Waals surface area contributed by atoms with Crippen molar-refractivity contribution >= 4 is 23.0 Å². The molecule has 1 unspecified atom stereocenters. The molecular formula is C28H32FN5O4. The quantitative estimate of drug-likeness (QED) is 0.307. The second-order valence-corrected chi connectivity index (χ2v) is 9.28. The van der Waals surface area contributed by atoms with E-state index in [0.717, 1.165) is 40.5 Å². The number of benzene rings is 2. The smallest absolute Gasteiger partial charge is 0.185 e. The van der Waals surface area contributed by atoms with Crippen LogP contribution in [0.15, 0.2) is 42.6 Å². The van der Waals surface area contributed by atoms with Crippen LogP contribution in [-0.2, 0) is 6.54 Å². The van der Waals surface area contributed by atoms with Gasteiger partial charge in [0.15, 0.2) is 17.1 Å². The van der Waals surface area contributed by atoms with Crippen molar-refractivity contribution in [2.45, 2.75) is 32.7 Å². The summed E-state index contributed by atoms with van der Waals surface area (Å²) in [6, 6.07) is 10.4. The third-order valence-electron chi connectivity index (χ3n) is 6.79. The van der Waals surface area contributed by atoms with Crippen LogP contribution < -0.4 is 29.2 Å². The van der Waals surface area contributed by atoms with Gasteiger partial charge in [-0.15, -0.1) is 0 Å². The van der Waals surface area contributed by atoms with Crippen molar-refractivity contribution < 1.29 is 23.3 Å². The van der Waals surface area contributed by atoms with E-state index in [-0.39, 0.29) is 5.92 Å². The second-order valence-electron chi connectivity index (χ2n) is 9.28. The highest BCUT2D eigenvalue weighted by Crippen LogP contribution is 2.40. The van der Waals surface area contributed by atoms with Crippen molar-refractivity contribution in [3.05, 3.63) is 59.5 Å². The molecule has 200 valence electrons. The number of aromatic nitrogens is 3. The zero-order valence-corrected chi connectivity index (χ0v) is 22.2. The van der Waals surface area contributed by atoms with Crippen LogP contribution in [-0.4, -0.2) is 49.1 Å². The minimum atomic E-state index is -0.425. The van der Waals surface area contributed by atoms with Crippen molar-refractivity contribution in [2.75, 3.05) is 44.7 Å². The summed E-state index contributed by atoms with van der Waals surface area (Å²) in [7, 11) is 5.25. The molecule has 0 bridgehead atoms. The summed E-state index contributed by atoms with van der Waals surface area (Å²) in [5.74, 6) is 3.45. The van der Waals surface area contributed by atoms with E-state index in [1.807, 2.05) is 42.0 Å². The molecule has 5 rings (SSSR count). The molecule has 0 amide bonds. The Kier molecular flexibility index (Phi) is 7.13. The van der Waals surface area contributed by atoms with Crippen molar-refractivity contribution in [2.24, 2.45) is 0 Å². The second kappa shape index (κ2) is 10.6. The molecule has 0 aliphatic carbocycles. The summed E-state index contributed by atoms with van der Waals surface area (Å²) in [4.78, 5) is 6.95. The van der Waals surface area contributed by atoms with Gasteiger partial charge in [-0.1, -0.05) is 13.8 Å².